The largest absolute Gasteiger partial charge is 0.371 e. The number of piperazine rings is 1. The third-order valence-corrected chi connectivity index (χ3v) is 12.6. The lowest BCUT2D eigenvalue weighted by molar-refractivity contribution is -0.166. The van der Waals surface area contributed by atoms with Gasteiger partial charge in [0.25, 0.3) is 11.8 Å². The molecule has 0 aliphatic carbocycles. The molecule has 58 heavy (non-hydrogen) atoms. The Morgan fingerprint density at radius 3 is 2.19 bits per heavy atom. The van der Waals surface area contributed by atoms with Crippen molar-refractivity contribution in [1.29, 1.82) is 0 Å². The molecule has 3 aromatic carbocycles. The third-order valence-electron chi connectivity index (χ3n) is 12.6. The van der Waals surface area contributed by atoms with Crippen molar-refractivity contribution in [3.05, 3.63) is 101 Å². The second kappa shape index (κ2) is 14.5. The van der Waals surface area contributed by atoms with Crippen LogP contribution in [-0.2, 0) is 14.3 Å². The number of ether oxygens (including phenoxy) is 1. The maximum absolute atomic E-state index is 14.7. The maximum atomic E-state index is 14.7. The first-order valence-electron chi connectivity index (χ1n) is 20.6. The fourth-order valence-corrected chi connectivity index (χ4v) is 10.1. The Morgan fingerprint density at radius 2 is 1.48 bits per heavy atom. The van der Waals surface area contributed by atoms with Crippen molar-refractivity contribution in [1.82, 2.24) is 20.1 Å². The summed E-state index contributed by atoms with van der Waals surface area (Å²) in [6, 6.07) is 19.2. The minimum atomic E-state index is -0.968. The van der Waals surface area contributed by atoms with E-state index in [0.29, 0.717) is 28.3 Å². The lowest BCUT2D eigenvalue weighted by Gasteiger charge is -2.45. The predicted octanol–water partition coefficient (Wildman–Crippen LogP) is 6.38. The van der Waals surface area contributed by atoms with Gasteiger partial charge in [-0.05, 0) is 112 Å². The number of allylic oxidation sites excluding steroid dienone is 1. The number of anilines is 2. The first-order valence-corrected chi connectivity index (χ1v) is 20.6. The standard InChI is InChI=1S/C46H51FN6O5/c1-45(2)22-28(23-46(3,4)58-45)19-35(31-7-12-39-37(20-31)38(47)24-48-39)30-5-8-32(9-6-30)51-17-15-50(16-18-51)25-29-26-52(27-29)33-10-11-34-36(21-33)44(57)53(43(34)56)40-13-14-41(54)49-42(40)55/h5-12,19-21,24,28-29,40,48H,13-18,22-23,25-27H2,1-4H3,(H,49,54,55). The molecule has 0 saturated carbocycles. The minimum Gasteiger partial charge on any atom is -0.371 e. The van der Waals surface area contributed by atoms with E-state index in [1.54, 1.807) is 12.1 Å². The molecule has 1 unspecified atom stereocenters. The Hall–Kier alpha value is -5.33. The molecule has 9 rings (SSSR count). The van der Waals surface area contributed by atoms with E-state index in [1.807, 2.05) is 18.2 Å². The summed E-state index contributed by atoms with van der Waals surface area (Å²) < 4.78 is 21.1. The van der Waals surface area contributed by atoms with E-state index in [4.69, 9.17) is 4.74 Å². The van der Waals surface area contributed by atoms with Crippen molar-refractivity contribution in [3.63, 3.8) is 0 Å². The number of nitrogens with one attached hydrogen (secondary N) is 2. The number of piperidine rings is 1. The first kappa shape index (κ1) is 38.2. The number of hydrogen-bond acceptors (Lipinski definition) is 8. The van der Waals surface area contributed by atoms with Gasteiger partial charge in [-0.1, -0.05) is 24.3 Å². The average molecular weight is 787 g/mol. The molecule has 5 aliphatic heterocycles. The summed E-state index contributed by atoms with van der Waals surface area (Å²) in [5.41, 5.74) is 6.22. The number of amides is 4. The fraction of sp³-hybridized carbons (Fsp3) is 0.435. The zero-order valence-electron chi connectivity index (χ0n) is 33.6. The molecule has 12 heteroatoms. The van der Waals surface area contributed by atoms with Gasteiger partial charge in [0.1, 0.15) is 11.9 Å². The number of aromatic nitrogens is 1. The van der Waals surface area contributed by atoms with E-state index >= 15 is 0 Å². The molecule has 6 heterocycles. The van der Waals surface area contributed by atoms with Gasteiger partial charge in [0, 0.05) is 86.6 Å². The van der Waals surface area contributed by atoms with Crippen molar-refractivity contribution in [3.8, 4) is 0 Å². The molecule has 302 valence electrons. The Morgan fingerprint density at radius 1 is 0.810 bits per heavy atom. The lowest BCUT2D eigenvalue weighted by atomic mass is 9.79. The van der Waals surface area contributed by atoms with Crippen LogP contribution in [0.2, 0.25) is 0 Å². The van der Waals surface area contributed by atoms with Gasteiger partial charge in [0.05, 0.1) is 22.3 Å². The molecule has 11 nitrogen and oxygen atoms in total. The number of nitrogens with zero attached hydrogens (tertiary/aromatic N) is 4. The first-order chi connectivity index (χ1) is 27.7. The molecule has 0 radical (unpaired) electrons. The van der Waals surface area contributed by atoms with Crippen LogP contribution in [0, 0.1) is 17.7 Å². The number of benzene rings is 3. The highest BCUT2D eigenvalue weighted by Crippen LogP contribution is 2.41. The number of carbonyl (C=O) groups is 4. The Balaban J connectivity index is 0.818. The van der Waals surface area contributed by atoms with E-state index in [1.165, 1.54) is 11.9 Å². The number of aromatic amines is 1. The van der Waals surface area contributed by atoms with E-state index in [9.17, 15) is 23.6 Å². The van der Waals surface area contributed by atoms with Crippen molar-refractivity contribution < 1.29 is 28.3 Å². The van der Waals surface area contributed by atoms with Crippen molar-refractivity contribution in [2.75, 3.05) is 55.6 Å². The van der Waals surface area contributed by atoms with Gasteiger partial charge >= 0.3 is 0 Å². The van der Waals surface area contributed by atoms with Gasteiger partial charge in [-0.2, -0.15) is 0 Å². The highest BCUT2D eigenvalue weighted by Gasteiger charge is 2.45. The fourth-order valence-electron chi connectivity index (χ4n) is 10.1. The second-order valence-corrected chi connectivity index (χ2v) is 18.0. The molecule has 1 atom stereocenters. The highest BCUT2D eigenvalue weighted by atomic mass is 19.1. The van der Waals surface area contributed by atoms with Crippen LogP contribution in [0.4, 0.5) is 15.8 Å². The number of H-pyrrole nitrogens is 1. The third kappa shape index (κ3) is 7.32. The number of hydrogen-bond donors (Lipinski definition) is 2. The molecular weight excluding hydrogens is 736 g/mol. The number of halogens is 1. The van der Waals surface area contributed by atoms with Crippen LogP contribution < -0.4 is 15.1 Å². The SMILES string of the molecule is CC1(C)CC(C=C(c2ccc(N3CCN(CC4CN(c5ccc6c(c5)C(=O)N(C5CCC(=O)NC5=O)C6=O)C4)CC3)cc2)c2ccc3[nH]cc(F)c3c2)CC(C)(C)O1. The van der Waals surface area contributed by atoms with Gasteiger partial charge in [-0.25, -0.2) is 4.39 Å². The number of rotatable bonds is 8. The summed E-state index contributed by atoms with van der Waals surface area (Å²) in [4.78, 5) is 61.8. The number of carbonyl (C=O) groups excluding carboxylic acids is 4. The highest BCUT2D eigenvalue weighted by molar-refractivity contribution is 6.23. The molecule has 1 aromatic heterocycles. The number of imide groups is 2. The molecule has 4 saturated heterocycles. The molecule has 4 amide bonds. The molecule has 2 N–H and O–H groups in total. The lowest BCUT2D eigenvalue weighted by Crippen LogP contribution is -2.55. The summed E-state index contributed by atoms with van der Waals surface area (Å²) in [5.74, 6) is -1.40. The molecule has 5 aliphatic rings. The van der Waals surface area contributed by atoms with Crippen LogP contribution in [0.5, 0.6) is 0 Å². The topological polar surface area (TPSA) is 118 Å². The quantitative estimate of drug-likeness (QED) is 0.198. The maximum Gasteiger partial charge on any atom is 0.262 e. The van der Waals surface area contributed by atoms with E-state index in [2.05, 4.69) is 89.1 Å². The molecular formula is C46H51FN6O5. The molecule has 0 spiro atoms. The van der Waals surface area contributed by atoms with Crippen molar-refractivity contribution in [2.24, 2.45) is 11.8 Å². The van der Waals surface area contributed by atoms with Crippen LogP contribution in [0.15, 0.2) is 72.9 Å². The minimum absolute atomic E-state index is 0.0955. The van der Waals surface area contributed by atoms with Crippen LogP contribution in [0.25, 0.3) is 16.5 Å². The van der Waals surface area contributed by atoms with Crippen molar-refractivity contribution in [2.45, 2.75) is 70.6 Å². The average Bonchev–Trinajstić information content (AvgIpc) is 3.65. The van der Waals surface area contributed by atoms with Gasteiger partial charge in [-0.3, -0.25) is 34.3 Å². The zero-order valence-corrected chi connectivity index (χ0v) is 33.6. The van der Waals surface area contributed by atoms with Crippen LogP contribution in [0.3, 0.4) is 0 Å². The number of fused-ring (bicyclic) bond motifs is 2. The van der Waals surface area contributed by atoms with Gasteiger partial charge in [0.2, 0.25) is 11.8 Å². The Labute approximate surface area is 338 Å². The second-order valence-electron chi connectivity index (χ2n) is 18.0. The molecule has 4 fully saturated rings. The summed E-state index contributed by atoms with van der Waals surface area (Å²) in [7, 11) is 0. The summed E-state index contributed by atoms with van der Waals surface area (Å²) in [6.07, 6.45) is 5.86. The Kier molecular flexibility index (Phi) is 9.55. The summed E-state index contributed by atoms with van der Waals surface area (Å²) in [6.45, 7) is 15.2. The van der Waals surface area contributed by atoms with E-state index < -0.39 is 23.8 Å². The molecule has 4 aromatic rings. The van der Waals surface area contributed by atoms with Crippen LogP contribution >= 0.6 is 0 Å². The van der Waals surface area contributed by atoms with Crippen LogP contribution in [-0.4, -0.2) is 101 Å². The monoisotopic (exact) mass is 786 g/mol. The normalized spacial score (nSPS) is 23.1. The smallest absolute Gasteiger partial charge is 0.262 e. The summed E-state index contributed by atoms with van der Waals surface area (Å²) in [5, 5.41) is 2.84. The molecule has 0 bridgehead atoms. The van der Waals surface area contributed by atoms with Crippen molar-refractivity contribution >= 4 is 51.5 Å². The van der Waals surface area contributed by atoms with Gasteiger partial charge in [0.15, 0.2) is 0 Å². The summed E-state index contributed by atoms with van der Waals surface area (Å²) >= 11 is 0. The van der Waals surface area contributed by atoms with Gasteiger partial charge < -0.3 is 19.5 Å². The van der Waals surface area contributed by atoms with E-state index in [-0.39, 0.29) is 35.8 Å². The Bertz CT molecular complexity index is 2320. The van der Waals surface area contributed by atoms with Gasteiger partial charge in [-0.15, -0.1) is 0 Å². The van der Waals surface area contributed by atoms with E-state index in [0.717, 1.165) is 91.5 Å². The predicted molar refractivity (Wildman–Crippen MR) is 221 cm³/mol. The zero-order chi connectivity index (χ0) is 40.5. The van der Waals surface area contributed by atoms with Crippen LogP contribution in [0.1, 0.15) is 85.2 Å².